The summed E-state index contributed by atoms with van der Waals surface area (Å²) in [6.07, 6.45) is 10.7. The topological polar surface area (TPSA) is 30.3 Å². The molecule has 4 aliphatic heterocycles. The molecule has 3 heteroatoms. The maximum absolute atomic E-state index is 9.17. The molecule has 0 unspecified atom stereocenters. The summed E-state index contributed by atoms with van der Waals surface area (Å²) in [5.41, 5.74) is 1.41. The zero-order valence-electron chi connectivity index (χ0n) is 14.4. The van der Waals surface area contributed by atoms with Crippen molar-refractivity contribution in [1.29, 1.82) is 5.26 Å². The SMILES string of the molecule is CC12CN3CC(C)(CN(C1)C3C1(CCC#N)CCCCC1)C2. The number of nitriles is 1. The lowest BCUT2D eigenvalue weighted by Crippen LogP contribution is -2.77. The Morgan fingerprint density at radius 1 is 0.955 bits per heavy atom. The van der Waals surface area contributed by atoms with E-state index in [4.69, 9.17) is 5.26 Å². The highest BCUT2D eigenvalue weighted by molar-refractivity contribution is 5.11. The lowest BCUT2D eigenvalue weighted by atomic mass is 9.59. The first-order chi connectivity index (χ1) is 10.5. The van der Waals surface area contributed by atoms with Gasteiger partial charge in [0.15, 0.2) is 0 Å². The lowest BCUT2D eigenvalue weighted by Gasteiger charge is -2.69. The van der Waals surface area contributed by atoms with Gasteiger partial charge in [-0.15, -0.1) is 0 Å². The van der Waals surface area contributed by atoms with Crippen LogP contribution >= 0.6 is 0 Å². The molecule has 0 atom stereocenters. The van der Waals surface area contributed by atoms with Crippen molar-refractivity contribution in [3.05, 3.63) is 0 Å². The van der Waals surface area contributed by atoms with E-state index in [0.717, 1.165) is 12.8 Å². The first-order valence-electron chi connectivity index (χ1n) is 9.33. The van der Waals surface area contributed by atoms with Gasteiger partial charge in [0.2, 0.25) is 0 Å². The van der Waals surface area contributed by atoms with E-state index in [-0.39, 0.29) is 0 Å². The monoisotopic (exact) mass is 301 g/mol. The number of nitrogens with zero attached hydrogens (tertiary/aromatic N) is 3. The molecule has 5 fully saturated rings. The molecule has 122 valence electrons. The van der Waals surface area contributed by atoms with Gasteiger partial charge in [0.05, 0.1) is 12.2 Å². The van der Waals surface area contributed by atoms with Crippen molar-refractivity contribution in [2.24, 2.45) is 16.2 Å². The molecule has 0 N–H and O–H groups in total. The first kappa shape index (κ1) is 15.0. The van der Waals surface area contributed by atoms with Crippen LogP contribution in [0, 0.1) is 27.6 Å². The summed E-state index contributed by atoms with van der Waals surface area (Å²) in [5.74, 6) is 0. The summed E-state index contributed by atoms with van der Waals surface area (Å²) in [6, 6.07) is 2.44. The van der Waals surface area contributed by atoms with Crippen molar-refractivity contribution in [3.8, 4) is 6.07 Å². The third kappa shape index (κ3) is 2.22. The van der Waals surface area contributed by atoms with Crippen molar-refractivity contribution < 1.29 is 0 Å². The molecule has 0 spiro atoms. The van der Waals surface area contributed by atoms with Crippen LogP contribution in [0.25, 0.3) is 0 Å². The minimum absolute atomic E-state index is 0.397. The normalized spacial score (nSPS) is 49.0. The summed E-state index contributed by atoms with van der Waals surface area (Å²) in [6.45, 7) is 10.2. The Kier molecular flexibility index (Phi) is 3.37. The molecule has 0 aromatic carbocycles. The van der Waals surface area contributed by atoms with E-state index in [1.54, 1.807) is 0 Å². The predicted octanol–water partition coefficient (Wildman–Crippen LogP) is 3.61. The van der Waals surface area contributed by atoms with Crippen LogP contribution in [0.2, 0.25) is 0 Å². The maximum atomic E-state index is 9.17. The van der Waals surface area contributed by atoms with Crippen LogP contribution in [0.4, 0.5) is 0 Å². The zero-order chi connectivity index (χ0) is 15.4. The first-order valence-corrected chi connectivity index (χ1v) is 9.33. The maximum Gasteiger partial charge on any atom is 0.0681 e. The van der Waals surface area contributed by atoms with Gasteiger partial charge in [-0.3, -0.25) is 9.80 Å². The molecule has 22 heavy (non-hydrogen) atoms. The molecule has 0 radical (unpaired) electrons. The van der Waals surface area contributed by atoms with Crippen LogP contribution < -0.4 is 0 Å². The number of hydrogen-bond donors (Lipinski definition) is 0. The van der Waals surface area contributed by atoms with Crippen molar-refractivity contribution in [3.63, 3.8) is 0 Å². The third-order valence-electron chi connectivity index (χ3n) is 7.02. The Morgan fingerprint density at radius 3 is 2.00 bits per heavy atom. The van der Waals surface area contributed by atoms with Crippen LogP contribution in [-0.4, -0.2) is 42.1 Å². The standard InChI is InChI=1S/C19H31N3/c1-17-11-18(2)14-21(12-17)16(22(13-17)15-18)19(9-6-10-20)7-4-3-5-8-19/h16H,3-9,11-15H2,1-2H3. The summed E-state index contributed by atoms with van der Waals surface area (Å²) in [4.78, 5) is 5.67. The molecule has 5 rings (SSSR count). The number of piperidine rings is 2. The van der Waals surface area contributed by atoms with Crippen LogP contribution in [0.5, 0.6) is 0 Å². The number of hydrogen-bond acceptors (Lipinski definition) is 3. The Hall–Kier alpha value is -0.590. The van der Waals surface area contributed by atoms with Gasteiger partial charge in [-0.05, 0) is 36.5 Å². The smallest absolute Gasteiger partial charge is 0.0681 e. The van der Waals surface area contributed by atoms with Gasteiger partial charge in [-0.2, -0.15) is 5.26 Å². The molecule has 5 aliphatic rings. The fourth-order valence-corrected chi connectivity index (χ4v) is 6.98. The number of rotatable bonds is 3. The highest BCUT2D eigenvalue weighted by Gasteiger charge is 2.60. The molecule has 4 saturated heterocycles. The van der Waals surface area contributed by atoms with E-state index >= 15 is 0 Å². The summed E-state index contributed by atoms with van der Waals surface area (Å²) >= 11 is 0. The quantitative estimate of drug-likeness (QED) is 0.797. The van der Waals surface area contributed by atoms with Crippen LogP contribution in [0.3, 0.4) is 0 Å². The van der Waals surface area contributed by atoms with Gasteiger partial charge in [0.25, 0.3) is 0 Å². The molecule has 3 nitrogen and oxygen atoms in total. The van der Waals surface area contributed by atoms with Crippen molar-refractivity contribution in [2.75, 3.05) is 26.2 Å². The molecular weight excluding hydrogens is 270 g/mol. The Bertz CT molecular complexity index is 449. The molecular formula is C19H31N3. The highest BCUT2D eigenvalue weighted by atomic mass is 15.4. The second kappa shape index (κ2) is 4.95. The molecule has 4 bridgehead atoms. The fraction of sp³-hybridized carbons (Fsp3) is 0.947. The van der Waals surface area contributed by atoms with E-state index in [9.17, 15) is 0 Å². The average Bonchev–Trinajstić information content (AvgIpc) is 2.43. The molecule has 4 heterocycles. The summed E-state index contributed by atoms with van der Waals surface area (Å²) in [5, 5.41) is 9.17. The van der Waals surface area contributed by atoms with Gasteiger partial charge in [0.1, 0.15) is 0 Å². The van der Waals surface area contributed by atoms with Crippen LogP contribution in [0.15, 0.2) is 0 Å². The van der Waals surface area contributed by atoms with Gasteiger partial charge < -0.3 is 0 Å². The van der Waals surface area contributed by atoms with Crippen molar-refractivity contribution in [1.82, 2.24) is 9.80 Å². The van der Waals surface area contributed by atoms with Crippen molar-refractivity contribution >= 4 is 0 Å². The van der Waals surface area contributed by atoms with E-state index in [1.807, 2.05) is 0 Å². The van der Waals surface area contributed by atoms with E-state index in [2.05, 4.69) is 29.7 Å². The van der Waals surface area contributed by atoms with E-state index in [0.29, 0.717) is 22.4 Å². The molecule has 1 aliphatic carbocycles. The Labute approximate surface area is 135 Å². The van der Waals surface area contributed by atoms with Gasteiger partial charge >= 0.3 is 0 Å². The molecule has 0 aromatic rings. The van der Waals surface area contributed by atoms with Gasteiger partial charge in [-0.25, -0.2) is 0 Å². The fourth-order valence-electron chi connectivity index (χ4n) is 6.98. The summed E-state index contributed by atoms with van der Waals surface area (Å²) < 4.78 is 0. The van der Waals surface area contributed by atoms with Crippen molar-refractivity contribution in [2.45, 2.75) is 71.4 Å². The largest absolute Gasteiger partial charge is 0.286 e. The average molecular weight is 301 g/mol. The van der Waals surface area contributed by atoms with Crippen LogP contribution in [0.1, 0.15) is 65.2 Å². The van der Waals surface area contributed by atoms with E-state index < -0.39 is 0 Å². The van der Waals surface area contributed by atoms with Gasteiger partial charge in [0, 0.05) is 38.0 Å². The Morgan fingerprint density at radius 2 is 1.50 bits per heavy atom. The second-order valence-corrected chi connectivity index (χ2v) is 9.56. The minimum atomic E-state index is 0.397. The minimum Gasteiger partial charge on any atom is -0.286 e. The third-order valence-corrected chi connectivity index (χ3v) is 7.02. The summed E-state index contributed by atoms with van der Waals surface area (Å²) in [7, 11) is 0. The highest BCUT2D eigenvalue weighted by Crippen LogP contribution is 2.56. The predicted molar refractivity (Wildman–Crippen MR) is 88.1 cm³/mol. The molecule has 0 amide bonds. The van der Waals surface area contributed by atoms with E-state index in [1.165, 1.54) is 64.7 Å². The van der Waals surface area contributed by atoms with Crippen LogP contribution in [-0.2, 0) is 0 Å². The lowest BCUT2D eigenvalue weighted by molar-refractivity contribution is -0.231. The Balaban J connectivity index is 1.65. The van der Waals surface area contributed by atoms with Gasteiger partial charge in [-0.1, -0.05) is 33.1 Å². The zero-order valence-corrected chi connectivity index (χ0v) is 14.4. The second-order valence-electron chi connectivity index (χ2n) is 9.56. The molecule has 0 aromatic heterocycles. The molecule has 1 saturated carbocycles.